The minimum absolute atomic E-state index is 0.117. The Morgan fingerprint density at radius 3 is 2.08 bits per heavy atom. The van der Waals surface area contributed by atoms with Gasteiger partial charge in [-0.2, -0.15) is 0 Å². The Morgan fingerprint density at radius 2 is 1.54 bits per heavy atom. The largest absolute Gasteiger partial charge is 0.494 e. The molecule has 4 nitrogen and oxygen atoms in total. The molecule has 0 aliphatic carbocycles. The van der Waals surface area contributed by atoms with E-state index in [-0.39, 0.29) is 5.78 Å². The lowest BCUT2D eigenvalue weighted by molar-refractivity contribution is 0.104. The van der Waals surface area contributed by atoms with Crippen LogP contribution in [0.5, 0.6) is 17.2 Å². The number of carbonyl (C=O) groups excluding carboxylic acids is 1. The number of allylic oxidation sites excluding steroid dienone is 1. The van der Waals surface area contributed by atoms with Crippen molar-refractivity contribution in [3.63, 3.8) is 0 Å². The maximum atomic E-state index is 12.4. The summed E-state index contributed by atoms with van der Waals surface area (Å²) in [6, 6.07) is 8.91. The summed E-state index contributed by atoms with van der Waals surface area (Å²) in [5.41, 5.74) is 1.39. The van der Waals surface area contributed by atoms with Gasteiger partial charge in [0.15, 0.2) is 17.3 Å². The molecule has 126 valence electrons. The summed E-state index contributed by atoms with van der Waals surface area (Å²) < 4.78 is 17.1. The quantitative estimate of drug-likeness (QED) is 0.447. The number of rotatable bonds is 6. The van der Waals surface area contributed by atoms with Gasteiger partial charge >= 0.3 is 0 Å². The lowest BCUT2D eigenvalue weighted by Crippen LogP contribution is -1.96. The van der Waals surface area contributed by atoms with Gasteiger partial charge in [-0.15, -0.1) is 0 Å². The van der Waals surface area contributed by atoms with Crippen LogP contribution in [0.3, 0.4) is 0 Å². The molecule has 0 aliphatic heterocycles. The molecule has 0 heterocycles. The van der Waals surface area contributed by atoms with E-state index in [0.717, 1.165) is 5.56 Å². The van der Waals surface area contributed by atoms with Gasteiger partial charge in [0.1, 0.15) is 5.75 Å². The van der Waals surface area contributed by atoms with Gasteiger partial charge in [0.05, 0.1) is 30.3 Å². The highest BCUT2D eigenvalue weighted by molar-refractivity contribution is 9.11. The second-order valence-corrected chi connectivity index (χ2v) is 6.49. The van der Waals surface area contributed by atoms with Gasteiger partial charge in [-0.3, -0.25) is 4.79 Å². The van der Waals surface area contributed by atoms with Gasteiger partial charge in [-0.05, 0) is 67.8 Å². The van der Waals surface area contributed by atoms with E-state index in [1.165, 1.54) is 6.08 Å². The van der Waals surface area contributed by atoms with Crippen molar-refractivity contribution in [1.29, 1.82) is 0 Å². The number of hydrogen-bond donors (Lipinski definition) is 0. The lowest BCUT2D eigenvalue weighted by Gasteiger charge is -2.08. The molecule has 24 heavy (non-hydrogen) atoms. The standard InChI is InChI=1S/C18H16Br2O4/c1-22-16-7-5-11(8-17(16)23-2)4-6-15(21)12-9-13(19)18(24-3)14(20)10-12/h4-10H,1-3H3/b6-4+. The number of benzene rings is 2. The maximum absolute atomic E-state index is 12.4. The van der Waals surface area contributed by atoms with E-state index in [0.29, 0.717) is 31.8 Å². The summed E-state index contributed by atoms with van der Waals surface area (Å²) in [5.74, 6) is 1.79. The van der Waals surface area contributed by atoms with Gasteiger partial charge < -0.3 is 14.2 Å². The van der Waals surface area contributed by atoms with Crippen LogP contribution in [-0.2, 0) is 0 Å². The molecule has 0 saturated heterocycles. The number of hydrogen-bond acceptors (Lipinski definition) is 4. The van der Waals surface area contributed by atoms with Crippen LogP contribution in [0.15, 0.2) is 45.4 Å². The number of halogens is 2. The Hall–Kier alpha value is -1.79. The second-order valence-electron chi connectivity index (χ2n) is 4.79. The van der Waals surface area contributed by atoms with Crippen molar-refractivity contribution in [2.45, 2.75) is 0 Å². The average Bonchev–Trinajstić information content (AvgIpc) is 2.58. The summed E-state index contributed by atoms with van der Waals surface area (Å²) in [7, 11) is 4.72. The number of carbonyl (C=O) groups is 1. The van der Waals surface area contributed by atoms with Crippen LogP contribution in [0.4, 0.5) is 0 Å². The average molecular weight is 456 g/mol. The molecule has 0 aliphatic rings. The fourth-order valence-electron chi connectivity index (χ4n) is 2.12. The summed E-state index contributed by atoms with van der Waals surface area (Å²) in [6.07, 6.45) is 3.25. The molecule has 0 bridgehead atoms. The molecular weight excluding hydrogens is 440 g/mol. The SMILES string of the molecule is COc1ccc(/C=C/C(=O)c2cc(Br)c(OC)c(Br)c2)cc1OC. The van der Waals surface area contributed by atoms with Crippen molar-refractivity contribution < 1.29 is 19.0 Å². The normalized spacial score (nSPS) is 10.7. The first-order valence-electron chi connectivity index (χ1n) is 6.97. The summed E-state index contributed by atoms with van der Waals surface area (Å²) >= 11 is 6.79. The second kappa shape index (κ2) is 8.35. The van der Waals surface area contributed by atoms with Crippen LogP contribution in [-0.4, -0.2) is 27.1 Å². The third kappa shape index (κ3) is 4.19. The number of ether oxygens (including phenoxy) is 3. The Morgan fingerprint density at radius 1 is 0.917 bits per heavy atom. The fourth-order valence-corrected chi connectivity index (χ4v) is 3.63. The highest BCUT2D eigenvalue weighted by atomic mass is 79.9. The predicted molar refractivity (Wildman–Crippen MR) is 101 cm³/mol. The molecule has 2 aromatic carbocycles. The Balaban J connectivity index is 2.25. The van der Waals surface area contributed by atoms with Gasteiger partial charge in [0, 0.05) is 5.56 Å². The van der Waals surface area contributed by atoms with E-state index in [1.54, 1.807) is 45.6 Å². The van der Waals surface area contributed by atoms with Crippen molar-refractivity contribution >= 4 is 43.7 Å². The molecule has 0 atom stereocenters. The van der Waals surface area contributed by atoms with Gasteiger partial charge in [0.25, 0.3) is 0 Å². The molecule has 0 radical (unpaired) electrons. The minimum atomic E-state index is -0.117. The Labute approximate surface area is 157 Å². The molecule has 6 heteroatoms. The molecule has 0 aromatic heterocycles. The van der Waals surface area contributed by atoms with Crippen molar-refractivity contribution in [3.05, 3.63) is 56.5 Å². The molecule has 2 rings (SSSR count). The van der Waals surface area contributed by atoms with Crippen LogP contribution in [0.2, 0.25) is 0 Å². The van der Waals surface area contributed by atoms with Crippen molar-refractivity contribution in [3.8, 4) is 17.2 Å². The smallest absolute Gasteiger partial charge is 0.185 e. The highest BCUT2D eigenvalue weighted by Crippen LogP contribution is 2.34. The summed E-state index contributed by atoms with van der Waals surface area (Å²) in [5, 5.41) is 0. The van der Waals surface area contributed by atoms with Crippen LogP contribution in [0.1, 0.15) is 15.9 Å². The van der Waals surface area contributed by atoms with Gasteiger partial charge in [0.2, 0.25) is 0 Å². The number of methoxy groups -OCH3 is 3. The predicted octanol–water partition coefficient (Wildman–Crippen LogP) is 5.13. The van der Waals surface area contributed by atoms with Crippen molar-refractivity contribution in [2.24, 2.45) is 0 Å². The van der Waals surface area contributed by atoms with E-state index in [9.17, 15) is 4.79 Å². The molecule has 0 saturated carbocycles. The van der Waals surface area contributed by atoms with Crippen LogP contribution >= 0.6 is 31.9 Å². The zero-order valence-corrected chi connectivity index (χ0v) is 16.6. The number of ketones is 1. The third-order valence-corrected chi connectivity index (χ3v) is 4.50. The minimum Gasteiger partial charge on any atom is -0.494 e. The Bertz CT molecular complexity index is 762. The van der Waals surface area contributed by atoms with E-state index >= 15 is 0 Å². The van der Waals surface area contributed by atoms with Crippen molar-refractivity contribution in [2.75, 3.05) is 21.3 Å². The lowest BCUT2D eigenvalue weighted by atomic mass is 10.1. The van der Waals surface area contributed by atoms with Crippen LogP contribution < -0.4 is 14.2 Å². The van der Waals surface area contributed by atoms with Crippen LogP contribution in [0, 0.1) is 0 Å². The van der Waals surface area contributed by atoms with E-state index in [2.05, 4.69) is 31.9 Å². The van der Waals surface area contributed by atoms with E-state index < -0.39 is 0 Å². The molecule has 0 fully saturated rings. The molecule has 0 unspecified atom stereocenters. The first kappa shape index (κ1) is 18.5. The third-order valence-electron chi connectivity index (χ3n) is 3.32. The van der Waals surface area contributed by atoms with E-state index in [1.807, 2.05) is 12.1 Å². The monoisotopic (exact) mass is 454 g/mol. The molecule has 0 N–H and O–H groups in total. The fraction of sp³-hybridized carbons (Fsp3) is 0.167. The molecule has 0 spiro atoms. The van der Waals surface area contributed by atoms with E-state index in [4.69, 9.17) is 14.2 Å². The Kier molecular flexibility index (Phi) is 6.45. The zero-order chi connectivity index (χ0) is 17.7. The van der Waals surface area contributed by atoms with Gasteiger partial charge in [-0.1, -0.05) is 12.1 Å². The van der Waals surface area contributed by atoms with Crippen LogP contribution in [0.25, 0.3) is 6.08 Å². The van der Waals surface area contributed by atoms with Crippen molar-refractivity contribution in [1.82, 2.24) is 0 Å². The molecule has 2 aromatic rings. The zero-order valence-electron chi connectivity index (χ0n) is 13.4. The molecular formula is C18H16Br2O4. The maximum Gasteiger partial charge on any atom is 0.185 e. The summed E-state index contributed by atoms with van der Waals surface area (Å²) in [6.45, 7) is 0. The first-order valence-corrected chi connectivity index (χ1v) is 8.56. The summed E-state index contributed by atoms with van der Waals surface area (Å²) in [4.78, 5) is 12.4. The van der Waals surface area contributed by atoms with Gasteiger partial charge in [-0.25, -0.2) is 0 Å². The first-order chi connectivity index (χ1) is 11.5. The highest BCUT2D eigenvalue weighted by Gasteiger charge is 2.11. The molecule has 0 amide bonds. The topological polar surface area (TPSA) is 44.8 Å².